The predicted octanol–water partition coefficient (Wildman–Crippen LogP) is 2.11. The highest BCUT2D eigenvalue weighted by Gasteiger charge is 2.27. The second kappa shape index (κ2) is 3.75. The number of nitrogens with one attached hydrogen (secondary N) is 1. The van der Waals surface area contributed by atoms with Crippen molar-refractivity contribution in [2.45, 2.75) is 26.8 Å². The maximum Gasteiger partial charge on any atom is 0.244 e. The van der Waals surface area contributed by atoms with Crippen LogP contribution in [0.1, 0.15) is 32.7 Å². The molecule has 0 spiro atoms. The summed E-state index contributed by atoms with van der Waals surface area (Å²) < 4.78 is 5.17. The van der Waals surface area contributed by atoms with Gasteiger partial charge in [-0.15, -0.1) is 0 Å². The van der Waals surface area contributed by atoms with Crippen molar-refractivity contribution < 1.29 is 4.52 Å². The van der Waals surface area contributed by atoms with E-state index < -0.39 is 0 Å². The summed E-state index contributed by atoms with van der Waals surface area (Å²) in [5.41, 5.74) is 6.76. The molecule has 5 heteroatoms. The molecule has 2 aromatic rings. The molecule has 86 valence electrons. The zero-order valence-electron chi connectivity index (χ0n) is 9.69. The van der Waals surface area contributed by atoms with Gasteiger partial charge in [-0.25, -0.2) is 0 Å². The van der Waals surface area contributed by atoms with Gasteiger partial charge in [-0.1, -0.05) is 25.9 Å². The number of nitrogens with two attached hydrogens (primary N) is 1. The predicted molar refractivity (Wildman–Crippen MR) is 60.5 cm³/mol. The minimum absolute atomic E-state index is 0.0977. The summed E-state index contributed by atoms with van der Waals surface area (Å²) in [6.45, 7) is 6.11. The summed E-state index contributed by atoms with van der Waals surface area (Å²) in [5, 5.41) is 3.90. The third-order valence-corrected chi connectivity index (χ3v) is 2.48. The van der Waals surface area contributed by atoms with E-state index in [0.29, 0.717) is 11.7 Å². The smallest absolute Gasteiger partial charge is 0.244 e. The van der Waals surface area contributed by atoms with Crippen LogP contribution >= 0.6 is 0 Å². The Morgan fingerprint density at radius 1 is 1.44 bits per heavy atom. The van der Waals surface area contributed by atoms with E-state index in [-0.39, 0.29) is 11.5 Å². The first-order chi connectivity index (χ1) is 7.48. The van der Waals surface area contributed by atoms with Crippen molar-refractivity contribution in [3.05, 3.63) is 24.2 Å². The van der Waals surface area contributed by atoms with Crippen LogP contribution in [0.2, 0.25) is 0 Å². The summed E-state index contributed by atoms with van der Waals surface area (Å²) in [6.07, 6.45) is 1.81. The maximum atomic E-state index is 6.03. The van der Waals surface area contributed by atoms with E-state index >= 15 is 0 Å². The molecule has 0 aromatic carbocycles. The highest BCUT2D eigenvalue weighted by atomic mass is 16.5. The van der Waals surface area contributed by atoms with Gasteiger partial charge in [0.25, 0.3) is 0 Å². The van der Waals surface area contributed by atoms with E-state index in [0.717, 1.165) is 5.69 Å². The molecular weight excluding hydrogens is 204 g/mol. The van der Waals surface area contributed by atoms with Gasteiger partial charge < -0.3 is 15.2 Å². The van der Waals surface area contributed by atoms with Gasteiger partial charge in [0.2, 0.25) is 11.7 Å². The highest BCUT2D eigenvalue weighted by molar-refractivity contribution is 5.47. The molecule has 0 amide bonds. The van der Waals surface area contributed by atoms with Crippen LogP contribution in [0.25, 0.3) is 11.5 Å². The number of aromatic amines is 1. The number of aromatic nitrogens is 3. The number of hydrogen-bond donors (Lipinski definition) is 2. The first kappa shape index (κ1) is 10.9. The molecule has 0 saturated heterocycles. The molecule has 3 N–H and O–H groups in total. The van der Waals surface area contributed by atoms with Crippen LogP contribution in [0.15, 0.2) is 22.9 Å². The second-order valence-corrected chi connectivity index (χ2v) is 4.88. The van der Waals surface area contributed by atoms with E-state index in [9.17, 15) is 0 Å². The molecule has 0 bridgehead atoms. The van der Waals surface area contributed by atoms with Crippen molar-refractivity contribution in [3.63, 3.8) is 0 Å². The number of nitrogens with zero attached hydrogens (tertiary/aromatic N) is 2. The summed E-state index contributed by atoms with van der Waals surface area (Å²) in [5.74, 6) is 1.01. The van der Waals surface area contributed by atoms with E-state index in [1.807, 2.05) is 39.1 Å². The summed E-state index contributed by atoms with van der Waals surface area (Å²) in [6, 6.07) is 3.51. The molecule has 2 aromatic heterocycles. The van der Waals surface area contributed by atoms with Crippen LogP contribution < -0.4 is 5.73 Å². The lowest BCUT2D eigenvalue weighted by molar-refractivity contribution is 0.253. The zero-order valence-corrected chi connectivity index (χ0v) is 9.69. The molecule has 2 heterocycles. The average molecular weight is 220 g/mol. The SMILES string of the molecule is CC(C)(C)C(N)c1nc(-c2ccc[nH]2)no1. The summed E-state index contributed by atoms with van der Waals surface area (Å²) in [7, 11) is 0. The third-order valence-electron chi connectivity index (χ3n) is 2.48. The van der Waals surface area contributed by atoms with Gasteiger partial charge in [-0.3, -0.25) is 0 Å². The normalized spacial score (nSPS) is 14.0. The quantitative estimate of drug-likeness (QED) is 0.812. The summed E-state index contributed by atoms with van der Waals surface area (Å²) in [4.78, 5) is 7.30. The fraction of sp³-hybridized carbons (Fsp3) is 0.455. The molecule has 16 heavy (non-hydrogen) atoms. The Kier molecular flexibility index (Phi) is 2.55. The Morgan fingerprint density at radius 3 is 2.75 bits per heavy atom. The first-order valence-electron chi connectivity index (χ1n) is 5.21. The van der Waals surface area contributed by atoms with Crippen LogP contribution in [0.5, 0.6) is 0 Å². The fourth-order valence-electron chi connectivity index (χ4n) is 1.31. The molecule has 0 saturated carbocycles. The molecular formula is C11H16N4O. The fourth-order valence-corrected chi connectivity index (χ4v) is 1.31. The van der Waals surface area contributed by atoms with Crippen LogP contribution in [0, 0.1) is 5.41 Å². The van der Waals surface area contributed by atoms with Crippen molar-refractivity contribution >= 4 is 0 Å². The Morgan fingerprint density at radius 2 is 2.19 bits per heavy atom. The first-order valence-corrected chi connectivity index (χ1v) is 5.21. The number of hydrogen-bond acceptors (Lipinski definition) is 4. The lowest BCUT2D eigenvalue weighted by Gasteiger charge is -2.23. The largest absolute Gasteiger partial charge is 0.359 e. The highest BCUT2D eigenvalue weighted by Crippen LogP contribution is 2.30. The Bertz CT molecular complexity index is 453. The number of rotatable bonds is 2. The van der Waals surface area contributed by atoms with Crippen molar-refractivity contribution in [2.24, 2.45) is 11.1 Å². The van der Waals surface area contributed by atoms with Gasteiger partial charge in [0, 0.05) is 6.20 Å². The van der Waals surface area contributed by atoms with Gasteiger partial charge >= 0.3 is 0 Å². The van der Waals surface area contributed by atoms with Crippen LogP contribution in [-0.4, -0.2) is 15.1 Å². The van der Waals surface area contributed by atoms with Crippen molar-refractivity contribution in [1.82, 2.24) is 15.1 Å². The van der Waals surface area contributed by atoms with Gasteiger partial charge in [-0.2, -0.15) is 4.98 Å². The molecule has 1 unspecified atom stereocenters. The van der Waals surface area contributed by atoms with Crippen LogP contribution in [0.4, 0.5) is 0 Å². The van der Waals surface area contributed by atoms with E-state index in [1.54, 1.807) is 0 Å². The Labute approximate surface area is 94.0 Å². The average Bonchev–Trinajstić information content (AvgIpc) is 2.85. The van der Waals surface area contributed by atoms with E-state index in [4.69, 9.17) is 10.3 Å². The van der Waals surface area contributed by atoms with Crippen molar-refractivity contribution in [2.75, 3.05) is 0 Å². The van der Waals surface area contributed by atoms with E-state index in [1.165, 1.54) is 0 Å². The molecule has 0 radical (unpaired) electrons. The Balaban J connectivity index is 2.27. The third kappa shape index (κ3) is 1.99. The van der Waals surface area contributed by atoms with Crippen molar-refractivity contribution in [3.8, 4) is 11.5 Å². The van der Waals surface area contributed by atoms with Gasteiger partial charge in [-0.05, 0) is 17.5 Å². The lowest BCUT2D eigenvalue weighted by atomic mass is 9.87. The topological polar surface area (TPSA) is 80.7 Å². The molecule has 0 fully saturated rings. The standard InChI is InChI=1S/C11H16N4O/c1-11(2,3)8(12)10-14-9(15-16-10)7-5-4-6-13-7/h4-6,8,13H,12H2,1-3H3. The lowest BCUT2D eigenvalue weighted by Crippen LogP contribution is -2.26. The Hall–Kier alpha value is -1.62. The van der Waals surface area contributed by atoms with E-state index in [2.05, 4.69) is 15.1 Å². The molecule has 5 nitrogen and oxygen atoms in total. The minimum Gasteiger partial charge on any atom is -0.359 e. The van der Waals surface area contributed by atoms with Gasteiger partial charge in [0.15, 0.2) is 0 Å². The van der Waals surface area contributed by atoms with Crippen LogP contribution in [0.3, 0.4) is 0 Å². The molecule has 0 aliphatic rings. The number of H-pyrrole nitrogens is 1. The molecule has 0 aliphatic carbocycles. The maximum absolute atomic E-state index is 6.03. The van der Waals surface area contributed by atoms with Gasteiger partial charge in [0.05, 0.1) is 11.7 Å². The molecule has 0 aliphatic heterocycles. The molecule has 2 rings (SSSR count). The monoisotopic (exact) mass is 220 g/mol. The van der Waals surface area contributed by atoms with Crippen molar-refractivity contribution in [1.29, 1.82) is 0 Å². The zero-order chi connectivity index (χ0) is 11.8. The van der Waals surface area contributed by atoms with Gasteiger partial charge in [0.1, 0.15) is 0 Å². The van der Waals surface area contributed by atoms with Crippen LogP contribution in [-0.2, 0) is 0 Å². The second-order valence-electron chi connectivity index (χ2n) is 4.88. The molecule has 1 atom stereocenters. The summed E-state index contributed by atoms with van der Waals surface area (Å²) >= 11 is 0. The minimum atomic E-state index is -0.260.